The molecule has 0 unspecified atom stereocenters. The van der Waals surface area contributed by atoms with Crippen molar-refractivity contribution in [2.45, 2.75) is 6.54 Å². The van der Waals surface area contributed by atoms with Gasteiger partial charge in [0.15, 0.2) is 0 Å². The van der Waals surface area contributed by atoms with E-state index in [-0.39, 0.29) is 6.03 Å². The molecule has 1 aromatic rings. The Morgan fingerprint density at radius 1 is 1.37 bits per heavy atom. The summed E-state index contributed by atoms with van der Waals surface area (Å²) in [5.74, 6) is 0.761. The lowest BCUT2D eigenvalue weighted by Gasteiger charge is -2.13. The largest absolute Gasteiger partial charge is 0.496 e. The summed E-state index contributed by atoms with van der Waals surface area (Å²) in [7, 11) is 5.03. The maximum absolute atomic E-state index is 11.3. The Morgan fingerprint density at radius 2 is 2.11 bits per heavy atom. The zero-order valence-electron chi connectivity index (χ0n) is 11.5. The molecular weight excluding hydrogens is 266 g/mol. The minimum absolute atomic E-state index is 0.0999. The summed E-state index contributed by atoms with van der Waals surface area (Å²) in [5, 5.41) is 6.66. The molecule has 0 aromatic heterocycles. The Morgan fingerprint density at radius 3 is 2.74 bits per heavy atom. The summed E-state index contributed by atoms with van der Waals surface area (Å²) in [4.78, 5) is 12.8. The molecule has 6 heteroatoms. The molecule has 0 saturated carbocycles. The summed E-state index contributed by atoms with van der Waals surface area (Å²) in [6.07, 6.45) is 0. The normalized spacial score (nSPS) is 10.1. The van der Waals surface area contributed by atoms with Gasteiger partial charge in [0, 0.05) is 44.3 Å². The Hall–Kier alpha value is -1.46. The average Bonchev–Trinajstić information content (AvgIpc) is 2.39. The highest BCUT2D eigenvalue weighted by atomic mass is 35.5. The molecule has 19 heavy (non-hydrogen) atoms. The number of halogens is 1. The number of hydrogen-bond donors (Lipinski definition) is 2. The molecule has 106 valence electrons. The van der Waals surface area contributed by atoms with Gasteiger partial charge in [-0.25, -0.2) is 4.79 Å². The van der Waals surface area contributed by atoms with Crippen LogP contribution in [0.4, 0.5) is 4.79 Å². The van der Waals surface area contributed by atoms with Crippen molar-refractivity contribution in [3.05, 3.63) is 28.8 Å². The molecule has 1 aromatic carbocycles. The number of carbonyl (C=O) groups excluding carboxylic acids is 1. The lowest BCUT2D eigenvalue weighted by atomic mass is 10.2. The molecule has 0 bridgehead atoms. The fraction of sp³-hybridized carbons (Fsp3) is 0.462. The molecule has 0 saturated heterocycles. The van der Waals surface area contributed by atoms with Crippen LogP contribution in [0.3, 0.4) is 0 Å². The van der Waals surface area contributed by atoms with Gasteiger partial charge in [0.25, 0.3) is 0 Å². The molecular formula is C13H20ClN3O2. The van der Waals surface area contributed by atoms with Gasteiger partial charge in [-0.3, -0.25) is 0 Å². The summed E-state index contributed by atoms with van der Waals surface area (Å²) >= 11 is 6.12. The molecule has 0 aliphatic carbocycles. The van der Waals surface area contributed by atoms with Gasteiger partial charge in [-0.15, -0.1) is 0 Å². The Kier molecular flexibility index (Phi) is 6.45. The van der Waals surface area contributed by atoms with E-state index < -0.39 is 0 Å². The Labute approximate surface area is 118 Å². The number of benzene rings is 1. The average molecular weight is 286 g/mol. The van der Waals surface area contributed by atoms with E-state index >= 15 is 0 Å². The van der Waals surface area contributed by atoms with Crippen molar-refractivity contribution in [3.8, 4) is 5.75 Å². The lowest BCUT2D eigenvalue weighted by Crippen LogP contribution is -2.38. The molecule has 0 spiro atoms. The quantitative estimate of drug-likeness (QED) is 0.783. The van der Waals surface area contributed by atoms with Crippen LogP contribution in [0.25, 0.3) is 0 Å². The first-order valence-corrected chi connectivity index (χ1v) is 6.41. The van der Waals surface area contributed by atoms with Crippen LogP contribution in [-0.2, 0) is 6.54 Å². The van der Waals surface area contributed by atoms with Crippen molar-refractivity contribution >= 4 is 17.6 Å². The first kappa shape index (κ1) is 15.6. The van der Waals surface area contributed by atoms with Gasteiger partial charge >= 0.3 is 6.03 Å². The molecule has 0 atom stereocenters. The third-order valence-electron chi connectivity index (χ3n) is 2.58. The van der Waals surface area contributed by atoms with E-state index in [9.17, 15) is 4.79 Å². The van der Waals surface area contributed by atoms with Crippen molar-refractivity contribution < 1.29 is 9.53 Å². The Balaban J connectivity index is 2.36. The standard InChI is InChI=1S/C13H20ClN3O2/c1-17(2)13(18)16-8-7-15-9-10-11(14)5-4-6-12(10)19-3/h4-6,15H,7-9H2,1-3H3,(H,16,18). The van der Waals surface area contributed by atoms with Crippen LogP contribution in [-0.4, -0.2) is 45.2 Å². The maximum Gasteiger partial charge on any atom is 0.316 e. The molecule has 5 nitrogen and oxygen atoms in total. The van der Waals surface area contributed by atoms with Crippen LogP contribution in [0.1, 0.15) is 5.56 Å². The molecule has 0 aliphatic rings. The SMILES string of the molecule is COc1cccc(Cl)c1CNCCNC(=O)N(C)C. The molecule has 0 heterocycles. The smallest absolute Gasteiger partial charge is 0.316 e. The number of rotatable bonds is 6. The van der Waals surface area contributed by atoms with Gasteiger partial charge in [-0.2, -0.15) is 0 Å². The number of nitrogens with one attached hydrogen (secondary N) is 2. The fourth-order valence-corrected chi connectivity index (χ4v) is 1.76. The minimum Gasteiger partial charge on any atom is -0.496 e. The molecule has 0 radical (unpaired) electrons. The van der Waals surface area contributed by atoms with Crippen LogP contribution >= 0.6 is 11.6 Å². The van der Waals surface area contributed by atoms with Crippen LogP contribution in [0.2, 0.25) is 5.02 Å². The zero-order valence-corrected chi connectivity index (χ0v) is 12.3. The molecule has 0 aliphatic heterocycles. The van der Waals surface area contributed by atoms with Gasteiger partial charge in [-0.05, 0) is 12.1 Å². The van der Waals surface area contributed by atoms with Crippen LogP contribution < -0.4 is 15.4 Å². The monoisotopic (exact) mass is 285 g/mol. The predicted octanol–water partition coefficient (Wildman–Crippen LogP) is 1.71. The van der Waals surface area contributed by atoms with Gasteiger partial charge in [0.2, 0.25) is 0 Å². The minimum atomic E-state index is -0.0999. The number of hydrogen-bond acceptors (Lipinski definition) is 3. The van der Waals surface area contributed by atoms with E-state index in [2.05, 4.69) is 10.6 Å². The van der Waals surface area contributed by atoms with Crippen molar-refractivity contribution in [1.29, 1.82) is 0 Å². The van der Waals surface area contributed by atoms with Crippen molar-refractivity contribution in [2.75, 3.05) is 34.3 Å². The van der Waals surface area contributed by atoms with E-state index in [1.54, 1.807) is 21.2 Å². The highest BCUT2D eigenvalue weighted by Crippen LogP contribution is 2.25. The van der Waals surface area contributed by atoms with E-state index in [0.29, 0.717) is 24.7 Å². The summed E-state index contributed by atoms with van der Waals surface area (Å²) < 4.78 is 5.25. The van der Waals surface area contributed by atoms with E-state index in [4.69, 9.17) is 16.3 Å². The lowest BCUT2D eigenvalue weighted by molar-refractivity contribution is 0.217. The summed E-state index contributed by atoms with van der Waals surface area (Å²) in [5.41, 5.74) is 0.922. The van der Waals surface area contributed by atoms with E-state index in [1.165, 1.54) is 4.90 Å². The van der Waals surface area contributed by atoms with Gasteiger partial charge in [0.05, 0.1) is 7.11 Å². The first-order valence-electron chi connectivity index (χ1n) is 6.03. The number of urea groups is 1. The molecule has 0 fully saturated rings. The third kappa shape index (κ3) is 4.96. The highest BCUT2D eigenvalue weighted by molar-refractivity contribution is 6.31. The van der Waals surface area contributed by atoms with Crippen molar-refractivity contribution in [1.82, 2.24) is 15.5 Å². The second kappa shape index (κ2) is 7.86. The van der Waals surface area contributed by atoms with Crippen LogP contribution in [0, 0.1) is 0 Å². The molecule has 2 amide bonds. The Bertz CT molecular complexity index is 424. The predicted molar refractivity (Wildman–Crippen MR) is 76.8 cm³/mol. The van der Waals surface area contributed by atoms with Crippen LogP contribution in [0.15, 0.2) is 18.2 Å². The van der Waals surface area contributed by atoms with Gasteiger partial charge < -0.3 is 20.3 Å². The first-order chi connectivity index (χ1) is 9.06. The zero-order chi connectivity index (χ0) is 14.3. The second-order valence-electron chi connectivity index (χ2n) is 4.22. The van der Waals surface area contributed by atoms with E-state index in [0.717, 1.165) is 11.3 Å². The molecule has 2 N–H and O–H groups in total. The second-order valence-corrected chi connectivity index (χ2v) is 4.63. The third-order valence-corrected chi connectivity index (χ3v) is 2.94. The summed E-state index contributed by atoms with van der Waals surface area (Å²) in [6, 6.07) is 5.45. The van der Waals surface area contributed by atoms with Crippen molar-refractivity contribution in [2.24, 2.45) is 0 Å². The topological polar surface area (TPSA) is 53.6 Å². The fourth-order valence-electron chi connectivity index (χ4n) is 1.53. The van der Waals surface area contributed by atoms with Crippen molar-refractivity contribution in [3.63, 3.8) is 0 Å². The van der Waals surface area contributed by atoms with Gasteiger partial charge in [0.1, 0.15) is 5.75 Å². The number of methoxy groups -OCH3 is 1. The van der Waals surface area contributed by atoms with Gasteiger partial charge in [-0.1, -0.05) is 17.7 Å². The maximum atomic E-state index is 11.3. The van der Waals surface area contributed by atoms with E-state index in [1.807, 2.05) is 18.2 Å². The highest BCUT2D eigenvalue weighted by Gasteiger charge is 2.07. The number of ether oxygens (including phenoxy) is 1. The number of carbonyl (C=O) groups is 1. The summed E-state index contributed by atoms with van der Waals surface area (Å²) in [6.45, 7) is 1.82. The number of nitrogens with zero attached hydrogens (tertiary/aromatic N) is 1. The number of amides is 2. The van der Waals surface area contributed by atoms with Crippen LogP contribution in [0.5, 0.6) is 5.75 Å². The molecule has 1 rings (SSSR count).